The highest BCUT2D eigenvalue weighted by Crippen LogP contribution is 2.59. The number of carbonyl (C=O) groups is 1. The lowest BCUT2D eigenvalue weighted by Crippen LogP contribution is -2.49. The molecule has 1 fully saturated rings. The zero-order chi connectivity index (χ0) is 14.6. The molecule has 0 saturated heterocycles. The maximum Gasteiger partial charge on any atom is 0.164 e. The van der Waals surface area contributed by atoms with Crippen LogP contribution in [-0.2, 0) is 16.6 Å². The number of ether oxygens (including phenoxy) is 1. The van der Waals surface area contributed by atoms with Gasteiger partial charge in [0.1, 0.15) is 0 Å². The molecule has 0 heterocycles. The molecule has 1 saturated carbocycles. The maximum absolute atomic E-state index is 12.1. The van der Waals surface area contributed by atoms with Gasteiger partial charge in [0.15, 0.2) is 17.3 Å². The number of hydrogen-bond donors (Lipinski definition) is 1. The van der Waals surface area contributed by atoms with Gasteiger partial charge >= 0.3 is 0 Å². The molecule has 0 unspecified atom stereocenters. The largest absolute Gasteiger partial charge is 0.504 e. The Kier molecular flexibility index (Phi) is 2.69. The molecular weight excluding hydrogens is 264 g/mol. The van der Waals surface area contributed by atoms with Crippen LogP contribution in [-0.4, -0.2) is 18.0 Å². The Morgan fingerprint density at radius 2 is 2.24 bits per heavy atom. The number of methoxy groups -OCH3 is 1. The lowest BCUT2D eigenvalue weighted by atomic mass is 9.50. The minimum absolute atomic E-state index is 0.160. The van der Waals surface area contributed by atoms with Gasteiger partial charge in [-0.05, 0) is 48.8 Å². The molecule has 3 aliphatic carbocycles. The van der Waals surface area contributed by atoms with Gasteiger partial charge in [0.05, 0.1) is 7.11 Å². The molecule has 3 nitrogen and oxygen atoms in total. The van der Waals surface area contributed by atoms with Crippen LogP contribution in [0.4, 0.5) is 0 Å². The van der Waals surface area contributed by atoms with Gasteiger partial charge in [-0.3, -0.25) is 4.79 Å². The van der Waals surface area contributed by atoms with Crippen molar-refractivity contribution in [2.24, 2.45) is 11.8 Å². The summed E-state index contributed by atoms with van der Waals surface area (Å²) in [6.07, 6.45) is 8.86. The first-order valence-electron chi connectivity index (χ1n) is 7.76. The van der Waals surface area contributed by atoms with E-state index in [1.807, 2.05) is 6.07 Å². The van der Waals surface area contributed by atoms with Crippen molar-refractivity contribution in [1.82, 2.24) is 0 Å². The smallest absolute Gasteiger partial charge is 0.164 e. The molecule has 2 bridgehead atoms. The third-order valence-corrected chi connectivity index (χ3v) is 5.73. The van der Waals surface area contributed by atoms with E-state index in [0.717, 1.165) is 24.8 Å². The average molecular weight is 284 g/mol. The standard InChI is InChI=1S/C18H20O3/c1-21-17-15(20)7-4-12-9-11-3-2-8-18(16(12)17)10-13(19)5-6-14(11)18/h4-7,11,14,20H,2-3,8-10H2,1H3/t11-,14+,18+/m1/s1. The molecule has 4 rings (SSSR count). The number of aromatic hydroxyl groups is 1. The van der Waals surface area contributed by atoms with Crippen LogP contribution in [0, 0.1) is 11.8 Å². The van der Waals surface area contributed by atoms with Gasteiger partial charge in [0.2, 0.25) is 0 Å². The second kappa shape index (κ2) is 4.36. The van der Waals surface area contributed by atoms with Crippen molar-refractivity contribution >= 4 is 5.78 Å². The molecule has 0 radical (unpaired) electrons. The zero-order valence-corrected chi connectivity index (χ0v) is 12.3. The lowest BCUT2D eigenvalue weighted by molar-refractivity contribution is -0.117. The molecule has 0 aliphatic heterocycles. The summed E-state index contributed by atoms with van der Waals surface area (Å²) in [7, 11) is 1.61. The third kappa shape index (κ3) is 1.63. The van der Waals surface area contributed by atoms with Gasteiger partial charge in [-0.25, -0.2) is 0 Å². The first kappa shape index (κ1) is 12.9. The predicted molar refractivity (Wildman–Crippen MR) is 79.6 cm³/mol. The van der Waals surface area contributed by atoms with Crippen LogP contribution >= 0.6 is 0 Å². The van der Waals surface area contributed by atoms with E-state index >= 15 is 0 Å². The summed E-state index contributed by atoms with van der Waals surface area (Å²) in [5.41, 5.74) is 2.20. The molecule has 0 spiro atoms. The number of phenolic OH excluding ortho intramolecular Hbond substituents is 1. The first-order valence-corrected chi connectivity index (χ1v) is 7.76. The van der Waals surface area contributed by atoms with E-state index in [0.29, 0.717) is 24.0 Å². The number of rotatable bonds is 1. The monoisotopic (exact) mass is 284 g/mol. The summed E-state index contributed by atoms with van der Waals surface area (Å²) < 4.78 is 5.53. The van der Waals surface area contributed by atoms with Crippen molar-refractivity contribution in [3.05, 3.63) is 35.4 Å². The van der Waals surface area contributed by atoms with E-state index in [1.165, 1.54) is 12.0 Å². The number of carbonyl (C=O) groups excluding carboxylic acids is 1. The molecule has 0 amide bonds. The number of fused-ring (bicyclic) bond motifs is 1. The quantitative estimate of drug-likeness (QED) is 0.861. The average Bonchev–Trinajstić information content (AvgIpc) is 2.47. The van der Waals surface area contributed by atoms with Crippen molar-refractivity contribution in [3.8, 4) is 11.5 Å². The Labute approximate surface area is 124 Å². The summed E-state index contributed by atoms with van der Waals surface area (Å²) in [6, 6.07) is 3.75. The van der Waals surface area contributed by atoms with E-state index in [4.69, 9.17) is 4.74 Å². The van der Waals surface area contributed by atoms with E-state index in [2.05, 4.69) is 6.08 Å². The number of benzene rings is 1. The highest BCUT2D eigenvalue weighted by atomic mass is 16.5. The normalized spacial score (nSPS) is 33.3. The van der Waals surface area contributed by atoms with Crippen LogP contribution in [0.15, 0.2) is 24.3 Å². The Hall–Kier alpha value is -1.77. The molecule has 0 aromatic heterocycles. The lowest BCUT2D eigenvalue weighted by Gasteiger charge is -2.53. The second-order valence-corrected chi connectivity index (χ2v) is 6.69. The molecule has 3 heteroatoms. The summed E-state index contributed by atoms with van der Waals surface area (Å²) >= 11 is 0. The Balaban J connectivity index is 2.01. The minimum atomic E-state index is -0.160. The molecule has 1 aromatic carbocycles. The zero-order valence-electron chi connectivity index (χ0n) is 12.3. The van der Waals surface area contributed by atoms with Crippen LogP contribution in [0.25, 0.3) is 0 Å². The van der Waals surface area contributed by atoms with Crippen molar-refractivity contribution < 1.29 is 14.6 Å². The summed E-state index contributed by atoms with van der Waals surface area (Å²) in [5.74, 6) is 2.00. The fourth-order valence-corrected chi connectivity index (χ4v) is 5.03. The molecule has 1 aromatic rings. The van der Waals surface area contributed by atoms with E-state index < -0.39 is 0 Å². The predicted octanol–water partition coefficient (Wildman–Crippen LogP) is 3.14. The van der Waals surface area contributed by atoms with Gasteiger partial charge in [-0.15, -0.1) is 0 Å². The number of hydrogen-bond acceptors (Lipinski definition) is 3. The van der Waals surface area contributed by atoms with Gasteiger partial charge in [0.25, 0.3) is 0 Å². The van der Waals surface area contributed by atoms with Gasteiger partial charge in [-0.2, -0.15) is 0 Å². The molecule has 1 N–H and O–H groups in total. The number of allylic oxidation sites excluding steroid dienone is 2. The minimum Gasteiger partial charge on any atom is -0.504 e. The molecule has 3 atom stereocenters. The van der Waals surface area contributed by atoms with Gasteiger partial charge < -0.3 is 9.84 Å². The highest BCUT2D eigenvalue weighted by Gasteiger charge is 2.53. The summed E-state index contributed by atoms with van der Waals surface area (Å²) in [6.45, 7) is 0. The van der Waals surface area contributed by atoms with E-state index in [1.54, 1.807) is 19.3 Å². The van der Waals surface area contributed by atoms with Crippen molar-refractivity contribution in [3.63, 3.8) is 0 Å². The molecule has 110 valence electrons. The summed E-state index contributed by atoms with van der Waals surface area (Å²) in [5, 5.41) is 10.2. The van der Waals surface area contributed by atoms with Crippen molar-refractivity contribution in [1.29, 1.82) is 0 Å². The fourth-order valence-electron chi connectivity index (χ4n) is 5.03. The van der Waals surface area contributed by atoms with Crippen LogP contribution < -0.4 is 4.74 Å². The molecule has 21 heavy (non-hydrogen) atoms. The van der Waals surface area contributed by atoms with E-state index in [9.17, 15) is 9.90 Å². The SMILES string of the molecule is COc1c(O)ccc2c1[C@]13CCC[C@H](C2)[C@@H]1C=CC(=O)C3. The second-order valence-electron chi connectivity index (χ2n) is 6.69. The Bertz CT molecular complexity index is 646. The Morgan fingerprint density at radius 1 is 1.38 bits per heavy atom. The third-order valence-electron chi connectivity index (χ3n) is 5.73. The summed E-state index contributed by atoms with van der Waals surface area (Å²) in [4.78, 5) is 12.1. The fraction of sp³-hybridized carbons (Fsp3) is 0.500. The Morgan fingerprint density at radius 3 is 3.05 bits per heavy atom. The number of ketones is 1. The van der Waals surface area contributed by atoms with Crippen molar-refractivity contribution in [2.75, 3.05) is 7.11 Å². The highest BCUT2D eigenvalue weighted by molar-refractivity contribution is 5.92. The topological polar surface area (TPSA) is 46.5 Å². The van der Waals surface area contributed by atoms with Crippen LogP contribution in [0.1, 0.15) is 36.8 Å². The van der Waals surface area contributed by atoms with Crippen molar-refractivity contribution in [2.45, 2.75) is 37.5 Å². The maximum atomic E-state index is 12.1. The van der Waals surface area contributed by atoms with Gasteiger partial charge in [-0.1, -0.05) is 18.6 Å². The van der Waals surface area contributed by atoms with Crippen LogP contribution in [0.3, 0.4) is 0 Å². The van der Waals surface area contributed by atoms with Crippen LogP contribution in [0.2, 0.25) is 0 Å². The first-order chi connectivity index (χ1) is 10.2. The molecule has 3 aliphatic rings. The molecular formula is C18H20O3. The van der Waals surface area contributed by atoms with Gasteiger partial charge in [0, 0.05) is 17.4 Å². The van der Waals surface area contributed by atoms with Crippen LogP contribution in [0.5, 0.6) is 11.5 Å². The van der Waals surface area contributed by atoms with E-state index in [-0.39, 0.29) is 16.9 Å². The number of phenols is 1.